The number of hydrogen-bond acceptors (Lipinski definition) is 3. The van der Waals surface area contributed by atoms with E-state index in [0.29, 0.717) is 18.1 Å². The SMILES string of the molecule is CCCCCCCC[C@]1(C#N)CC[C@H](c2ccc(OC(=O)CCCCCCC)cc2)CC1. The highest BCUT2D eigenvalue weighted by molar-refractivity contribution is 5.72. The molecule has 1 aliphatic rings. The predicted octanol–water partition coefficient (Wildman–Crippen LogP) is 8.87. The Kier molecular flexibility index (Phi) is 12.5. The summed E-state index contributed by atoms with van der Waals surface area (Å²) in [5.74, 6) is 1.04. The molecule has 0 radical (unpaired) electrons. The van der Waals surface area contributed by atoms with Crippen LogP contribution in [0.3, 0.4) is 0 Å². The van der Waals surface area contributed by atoms with Gasteiger partial charge in [0.1, 0.15) is 5.75 Å². The minimum absolute atomic E-state index is 0.103. The van der Waals surface area contributed by atoms with E-state index in [0.717, 1.165) is 44.9 Å². The number of nitrogens with zero attached hydrogens (tertiary/aromatic N) is 1. The monoisotopic (exact) mass is 439 g/mol. The molecular formula is C29H45NO2. The van der Waals surface area contributed by atoms with Crippen molar-refractivity contribution < 1.29 is 9.53 Å². The molecule has 1 saturated carbocycles. The Bertz CT molecular complexity index is 680. The van der Waals surface area contributed by atoms with E-state index < -0.39 is 0 Å². The van der Waals surface area contributed by atoms with Gasteiger partial charge in [-0.1, -0.05) is 90.2 Å². The third kappa shape index (κ3) is 9.35. The summed E-state index contributed by atoms with van der Waals surface area (Å²) in [4.78, 5) is 12.0. The molecule has 0 heterocycles. The lowest BCUT2D eigenvalue weighted by Gasteiger charge is -2.35. The minimum atomic E-state index is -0.125. The van der Waals surface area contributed by atoms with E-state index in [1.54, 1.807) is 0 Å². The van der Waals surface area contributed by atoms with Crippen molar-refractivity contribution in [3.8, 4) is 11.8 Å². The standard InChI is InChI=1S/C29H45NO2/c1-3-5-7-9-11-13-21-29(24-30)22-19-26(20-23-29)25-15-17-27(18-16-25)32-28(31)14-12-10-8-6-4-2/h15-18,26H,3-14,19-23H2,1-2H3/t26-,29-. The van der Waals surface area contributed by atoms with Gasteiger partial charge in [-0.15, -0.1) is 0 Å². The largest absolute Gasteiger partial charge is 0.427 e. The normalized spacial score (nSPS) is 20.6. The predicted molar refractivity (Wildman–Crippen MR) is 133 cm³/mol. The molecule has 32 heavy (non-hydrogen) atoms. The molecule has 0 saturated heterocycles. The van der Waals surface area contributed by atoms with E-state index in [1.807, 2.05) is 12.1 Å². The third-order valence-electron chi connectivity index (χ3n) is 7.26. The Morgan fingerprint density at radius 1 is 0.906 bits per heavy atom. The number of carbonyl (C=O) groups is 1. The Labute approximate surface area is 196 Å². The number of nitriles is 1. The van der Waals surface area contributed by atoms with Gasteiger partial charge in [0.2, 0.25) is 0 Å². The lowest BCUT2D eigenvalue weighted by atomic mass is 9.67. The maximum Gasteiger partial charge on any atom is 0.311 e. The van der Waals surface area contributed by atoms with Crippen molar-refractivity contribution in [1.82, 2.24) is 0 Å². The molecule has 0 bridgehead atoms. The molecule has 2 rings (SSSR count). The molecule has 0 aliphatic heterocycles. The quantitative estimate of drug-likeness (QED) is 0.156. The summed E-state index contributed by atoms with van der Waals surface area (Å²) in [6, 6.07) is 10.8. The molecule has 0 unspecified atom stereocenters. The molecule has 0 spiro atoms. The third-order valence-corrected chi connectivity index (χ3v) is 7.26. The van der Waals surface area contributed by atoms with Crippen LogP contribution in [0, 0.1) is 16.7 Å². The number of benzene rings is 1. The number of unbranched alkanes of at least 4 members (excludes halogenated alkanes) is 9. The summed E-state index contributed by atoms with van der Waals surface area (Å²) in [5, 5.41) is 9.86. The maximum atomic E-state index is 12.0. The minimum Gasteiger partial charge on any atom is -0.427 e. The van der Waals surface area contributed by atoms with E-state index in [4.69, 9.17) is 4.74 Å². The van der Waals surface area contributed by atoms with Gasteiger partial charge in [0.25, 0.3) is 0 Å². The second-order valence-corrected chi connectivity index (χ2v) is 9.89. The Morgan fingerprint density at radius 2 is 1.47 bits per heavy atom. The first-order chi connectivity index (χ1) is 15.6. The molecule has 0 atom stereocenters. The van der Waals surface area contributed by atoms with Gasteiger partial charge in [-0.3, -0.25) is 4.79 Å². The zero-order chi connectivity index (χ0) is 23.1. The number of hydrogen-bond donors (Lipinski definition) is 0. The Morgan fingerprint density at radius 3 is 2.06 bits per heavy atom. The average molecular weight is 440 g/mol. The van der Waals surface area contributed by atoms with Crippen molar-refractivity contribution in [2.75, 3.05) is 0 Å². The maximum absolute atomic E-state index is 12.0. The van der Waals surface area contributed by atoms with E-state index >= 15 is 0 Å². The zero-order valence-corrected chi connectivity index (χ0v) is 20.7. The lowest BCUT2D eigenvalue weighted by molar-refractivity contribution is -0.134. The summed E-state index contributed by atoms with van der Waals surface area (Å²) < 4.78 is 5.51. The van der Waals surface area contributed by atoms with Crippen LogP contribution in [0.5, 0.6) is 5.75 Å². The van der Waals surface area contributed by atoms with Crippen molar-refractivity contribution in [2.45, 2.75) is 129 Å². The first kappa shape index (κ1) is 26.4. The smallest absolute Gasteiger partial charge is 0.311 e. The van der Waals surface area contributed by atoms with Crippen molar-refractivity contribution in [3.05, 3.63) is 29.8 Å². The number of carbonyl (C=O) groups excluding carboxylic acids is 1. The number of rotatable bonds is 15. The summed E-state index contributed by atoms with van der Waals surface area (Å²) in [7, 11) is 0. The van der Waals surface area contributed by atoms with Crippen LogP contribution in [-0.2, 0) is 4.79 Å². The molecular weight excluding hydrogens is 394 g/mol. The number of ether oxygens (including phenoxy) is 1. The van der Waals surface area contributed by atoms with Crippen molar-refractivity contribution in [1.29, 1.82) is 5.26 Å². The molecule has 1 fully saturated rings. The first-order valence-corrected chi connectivity index (χ1v) is 13.3. The van der Waals surface area contributed by atoms with E-state index in [-0.39, 0.29) is 11.4 Å². The van der Waals surface area contributed by atoms with Gasteiger partial charge in [-0.25, -0.2) is 0 Å². The molecule has 1 aromatic rings. The van der Waals surface area contributed by atoms with Gasteiger partial charge in [0, 0.05) is 6.42 Å². The van der Waals surface area contributed by atoms with Gasteiger partial charge in [-0.2, -0.15) is 5.26 Å². The highest BCUT2D eigenvalue weighted by Crippen LogP contribution is 2.45. The van der Waals surface area contributed by atoms with Gasteiger partial charge in [0.15, 0.2) is 0 Å². The topological polar surface area (TPSA) is 50.1 Å². The molecule has 3 nitrogen and oxygen atoms in total. The van der Waals surface area contributed by atoms with Crippen LogP contribution in [-0.4, -0.2) is 5.97 Å². The molecule has 1 aliphatic carbocycles. The molecule has 3 heteroatoms. The fourth-order valence-electron chi connectivity index (χ4n) is 5.03. The first-order valence-electron chi connectivity index (χ1n) is 13.3. The summed E-state index contributed by atoms with van der Waals surface area (Å²) in [6.45, 7) is 4.45. The molecule has 0 aromatic heterocycles. The summed E-state index contributed by atoms with van der Waals surface area (Å²) in [5.41, 5.74) is 1.21. The summed E-state index contributed by atoms with van der Waals surface area (Å²) >= 11 is 0. The van der Waals surface area contributed by atoms with Gasteiger partial charge >= 0.3 is 5.97 Å². The molecule has 178 valence electrons. The van der Waals surface area contributed by atoms with Crippen LogP contribution >= 0.6 is 0 Å². The van der Waals surface area contributed by atoms with E-state index in [1.165, 1.54) is 63.4 Å². The van der Waals surface area contributed by atoms with Crippen LogP contribution < -0.4 is 4.74 Å². The summed E-state index contributed by atoms with van der Waals surface area (Å²) in [6.07, 6.45) is 19.2. The van der Waals surface area contributed by atoms with Crippen molar-refractivity contribution in [2.24, 2.45) is 5.41 Å². The fraction of sp³-hybridized carbons (Fsp3) is 0.724. The van der Waals surface area contributed by atoms with Crippen LogP contribution in [0.4, 0.5) is 0 Å². The van der Waals surface area contributed by atoms with Gasteiger partial charge in [0.05, 0.1) is 11.5 Å². The van der Waals surface area contributed by atoms with E-state index in [2.05, 4.69) is 32.0 Å². The second-order valence-electron chi connectivity index (χ2n) is 9.89. The molecule has 0 N–H and O–H groups in total. The van der Waals surface area contributed by atoms with Crippen LogP contribution in [0.2, 0.25) is 0 Å². The lowest BCUT2D eigenvalue weighted by Crippen LogP contribution is -2.25. The second kappa shape index (κ2) is 15.1. The highest BCUT2D eigenvalue weighted by Gasteiger charge is 2.35. The van der Waals surface area contributed by atoms with Gasteiger partial charge in [-0.05, 0) is 62.1 Å². The van der Waals surface area contributed by atoms with E-state index in [9.17, 15) is 10.1 Å². The zero-order valence-electron chi connectivity index (χ0n) is 20.7. The Balaban J connectivity index is 1.72. The van der Waals surface area contributed by atoms with Crippen LogP contribution in [0.25, 0.3) is 0 Å². The van der Waals surface area contributed by atoms with Crippen molar-refractivity contribution in [3.63, 3.8) is 0 Å². The molecule has 0 amide bonds. The van der Waals surface area contributed by atoms with Gasteiger partial charge < -0.3 is 4.74 Å². The van der Waals surface area contributed by atoms with Crippen molar-refractivity contribution >= 4 is 5.97 Å². The highest BCUT2D eigenvalue weighted by atomic mass is 16.5. The fourth-order valence-corrected chi connectivity index (χ4v) is 5.03. The van der Waals surface area contributed by atoms with Crippen LogP contribution in [0.15, 0.2) is 24.3 Å². The number of esters is 1. The van der Waals surface area contributed by atoms with Crippen LogP contribution in [0.1, 0.15) is 134 Å². The average Bonchev–Trinajstić information content (AvgIpc) is 2.82. The molecule has 1 aromatic carbocycles. The Hall–Kier alpha value is -1.82.